The normalized spacial score (nSPS) is 11.0. The van der Waals surface area contributed by atoms with E-state index in [2.05, 4.69) is 15.0 Å². The van der Waals surface area contributed by atoms with Crippen LogP contribution < -0.4 is 11.5 Å². The van der Waals surface area contributed by atoms with Crippen LogP contribution in [0.1, 0.15) is 5.56 Å². The van der Waals surface area contributed by atoms with Gasteiger partial charge >= 0.3 is 0 Å². The zero-order valence-electron chi connectivity index (χ0n) is 9.92. The van der Waals surface area contributed by atoms with Crippen LogP contribution in [-0.2, 0) is 6.54 Å². The summed E-state index contributed by atoms with van der Waals surface area (Å²) in [6.45, 7) is 0.412. The van der Waals surface area contributed by atoms with Gasteiger partial charge in [-0.05, 0) is 23.8 Å². The summed E-state index contributed by atoms with van der Waals surface area (Å²) in [6, 6.07) is 4.40. The Morgan fingerprint density at radius 1 is 1.11 bits per heavy atom. The molecule has 7 heteroatoms. The first kappa shape index (κ1) is 11.4. The fourth-order valence-corrected chi connectivity index (χ4v) is 1.98. The molecule has 0 aliphatic rings. The number of halogens is 1. The molecule has 0 aliphatic heterocycles. The van der Waals surface area contributed by atoms with Crippen LogP contribution in [0.2, 0.25) is 0 Å². The highest BCUT2D eigenvalue weighted by Crippen LogP contribution is 2.17. The molecule has 0 saturated heterocycles. The Balaban J connectivity index is 2.04. The molecule has 1 aromatic carbocycles. The standard InChI is InChI=1S/C12H11FN6/c13-8-1-7(2-9(14)3-8)4-19-6-18-10-11(15)16-5-17-12(10)19/h1-3,5-6H,4,14H2,(H2,15,16,17). The number of benzene rings is 1. The maximum Gasteiger partial charge on any atom is 0.165 e. The number of aromatic nitrogens is 4. The van der Waals surface area contributed by atoms with Crippen LogP contribution in [0, 0.1) is 5.82 Å². The smallest absolute Gasteiger partial charge is 0.165 e. The van der Waals surface area contributed by atoms with Gasteiger partial charge in [0.05, 0.1) is 12.9 Å². The lowest BCUT2D eigenvalue weighted by atomic mass is 10.2. The van der Waals surface area contributed by atoms with Crippen molar-refractivity contribution in [3.05, 3.63) is 42.2 Å². The molecule has 96 valence electrons. The molecule has 0 aliphatic carbocycles. The van der Waals surface area contributed by atoms with E-state index in [0.29, 0.717) is 29.2 Å². The van der Waals surface area contributed by atoms with Gasteiger partial charge in [-0.15, -0.1) is 0 Å². The van der Waals surface area contributed by atoms with Gasteiger partial charge in [-0.25, -0.2) is 19.3 Å². The van der Waals surface area contributed by atoms with Crippen LogP contribution in [-0.4, -0.2) is 19.5 Å². The van der Waals surface area contributed by atoms with E-state index in [-0.39, 0.29) is 5.82 Å². The van der Waals surface area contributed by atoms with Gasteiger partial charge in [0.2, 0.25) is 0 Å². The zero-order valence-corrected chi connectivity index (χ0v) is 9.92. The van der Waals surface area contributed by atoms with Gasteiger partial charge in [-0.3, -0.25) is 0 Å². The van der Waals surface area contributed by atoms with Crippen molar-refractivity contribution in [2.75, 3.05) is 11.5 Å². The Bertz CT molecular complexity index is 731. The van der Waals surface area contributed by atoms with Gasteiger partial charge in [0.25, 0.3) is 0 Å². The third-order valence-corrected chi connectivity index (χ3v) is 2.76. The second-order valence-electron chi connectivity index (χ2n) is 4.20. The van der Waals surface area contributed by atoms with Gasteiger partial charge in [0.1, 0.15) is 17.7 Å². The third-order valence-electron chi connectivity index (χ3n) is 2.76. The second kappa shape index (κ2) is 4.20. The van der Waals surface area contributed by atoms with Gasteiger partial charge in [0, 0.05) is 5.69 Å². The van der Waals surface area contributed by atoms with E-state index >= 15 is 0 Å². The van der Waals surface area contributed by atoms with Gasteiger partial charge in [0.15, 0.2) is 11.5 Å². The van der Waals surface area contributed by atoms with E-state index in [0.717, 1.165) is 5.56 Å². The molecule has 0 fully saturated rings. The second-order valence-corrected chi connectivity index (χ2v) is 4.20. The maximum absolute atomic E-state index is 13.3. The predicted molar refractivity (Wildman–Crippen MR) is 69.6 cm³/mol. The van der Waals surface area contributed by atoms with Crippen molar-refractivity contribution in [1.29, 1.82) is 0 Å². The van der Waals surface area contributed by atoms with Crippen molar-refractivity contribution >= 4 is 22.7 Å². The van der Waals surface area contributed by atoms with Gasteiger partial charge < -0.3 is 16.0 Å². The predicted octanol–water partition coefficient (Wildman–Crippen LogP) is 1.18. The molecule has 0 unspecified atom stereocenters. The van der Waals surface area contributed by atoms with Crippen molar-refractivity contribution < 1.29 is 4.39 Å². The minimum atomic E-state index is -0.367. The number of nitrogens with two attached hydrogens (primary N) is 2. The average Bonchev–Trinajstić information content (AvgIpc) is 2.73. The maximum atomic E-state index is 13.3. The van der Waals surface area contributed by atoms with E-state index in [9.17, 15) is 4.39 Å². The summed E-state index contributed by atoms with van der Waals surface area (Å²) in [5.74, 6) is -0.0453. The van der Waals surface area contributed by atoms with Crippen molar-refractivity contribution in [2.45, 2.75) is 6.54 Å². The quantitative estimate of drug-likeness (QED) is 0.673. The molecule has 0 atom stereocenters. The number of hydrogen-bond acceptors (Lipinski definition) is 5. The molecule has 0 spiro atoms. The number of rotatable bonds is 2. The van der Waals surface area contributed by atoms with E-state index in [1.165, 1.54) is 18.5 Å². The van der Waals surface area contributed by atoms with E-state index in [4.69, 9.17) is 11.5 Å². The molecule has 0 radical (unpaired) electrons. The summed E-state index contributed by atoms with van der Waals surface area (Å²) in [6.07, 6.45) is 2.96. The molecule has 2 heterocycles. The van der Waals surface area contributed by atoms with Gasteiger partial charge in [-0.1, -0.05) is 0 Å². The minimum Gasteiger partial charge on any atom is -0.399 e. The van der Waals surface area contributed by atoms with Gasteiger partial charge in [-0.2, -0.15) is 0 Å². The van der Waals surface area contributed by atoms with Crippen LogP contribution in [0.15, 0.2) is 30.9 Å². The average molecular weight is 258 g/mol. The molecule has 0 bridgehead atoms. The molecule has 4 N–H and O–H groups in total. The first-order chi connectivity index (χ1) is 9.13. The summed E-state index contributed by atoms with van der Waals surface area (Å²) >= 11 is 0. The number of fused-ring (bicyclic) bond motifs is 1. The molecular weight excluding hydrogens is 247 g/mol. The van der Waals surface area contributed by atoms with Crippen molar-refractivity contribution in [3.8, 4) is 0 Å². The van der Waals surface area contributed by atoms with E-state index < -0.39 is 0 Å². The van der Waals surface area contributed by atoms with Crippen LogP contribution >= 0.6 is 0 Å². The Labute approximate surface area is 107 Å². The fourth-order valence-electron chi connectivity index (χ4n) is 1.98. The Morgan fingerprint density at radius 2 is 1.95 bits per heavy atom. The highest BCUT2D eigenvalue weighted by molar-refractivity contribution is 5.81. The largest absolute Gasteiger partial charge is 0.399 e. The summed E-state index contributed by atoms with van der Waals surface area (Å²) in [7, 11) is 0. The van der Waals surface area contributed by atoms with E-state index in [1.54, 1.807) is 17.0 Å². The number of anilines is 2. The lowest BCUT2D eigenvalue weighted by Gasteiger charge is -2.05. The molecule has 3 aromatic rings. The Kier molecular flexibility index (Phi) is 2.52. The first-order valence-corrected chi connectivity index (χ1v) is 5.60. The van der Waals surface area contributed by atoms with Crippen LogP contribution in [0.5, 0.6) is 0 Å². The highest BCUT2D eigenvalue weighted by atomic mass is 19.1. The fraction of sp³-hybridized carbons (Fsp3) is 0.0833. The number of imidazole rings is 1. The van der Waals surface area contributed by atoms with Crippen LogP contribution in [0.3, 0.4) is 0 Å². The highest BCUT2D eigenvalue weighted by Gasteiger charge is 2.08. The number of hydrogen-bond donors (Lipinski definition) is 2. The van der Waals surface area contributed by atoms with E-state index in [1.807, 2.05) is 0 Å². The molecular formula is C12H11FN6. The molecule has 3 rings (SSSR count). The third kappa shape index (κ3) is 2.05. The van der Waals surface area contributed by atoms with Crippen LogP contribution in [0.25, 0.3) is 11.2 Å². The lowest BCUT2D eigenvalue weighted by Crippen LogP contribution is -2.02. The number of nitrogen functional groups attached to an aromatic ring is 2. The SMILES string of the molecule is Nc1cc(F)cc(Cn2cnc3c(N)ncnc32)c1. The monoisotopic (exact) mass is 258 g/mol. The Hall–Kier alpha value is -2.70. The summed E-state index contributed by atoms with van der Waals surface area (Å²) in [4.78, 5) is 12.1. The molecule has 2 aromatic heterocycles. The minimum absolute atomic E-state index is 0.322. The van der Waals surface area contributed by atoms with Crippen molar-refractivity contribution in [2.24, 2.45) is 0 Å². The van der Waals surface area contributed by atoms with Crippen molar-refractivity contribution in [1.82, 2.24) is 19.5 Å². The lowest BCUT2D eigenvalue weighted by molar-refractivity contribution is 0.624. The molecule has 19 heavy (non-hydrogen) atoms. The summed E-state index contributed by atoms with van der Waals surface area (Å²) in [5, 5.41) is 0. The zero-order chi connectivity index (χ0) is 13.4. The molecule has 0 saturated carbocycles. The van der Waals surface area contributed by atoms with Crippen LogP contribution in [0.4, 0.5) is 15.9 Å². The summed E-state index contributed by atoms with van der Waals surface area (Å²) < 4.78 is 15.0. The first-order valence-electron chi connectivity index (χ1n) is 5.60. The molecule has 0 amide bonds. The summed E-state index contributed by atoms with van der Waals surface area (Å²) in [5.41, 5.74) is 13.6. The van der Waals surface area contributed by atoms with Crippen molar-refractivity contribution in [3.63, 3.8) is 0 Å². The Morgan fingerprint density at radius 3 is 2.74 bits per heavy atom. The number of nitrogens with zero attached hydrogens (tertiary/aromatic N) is 4. The topological polar surface area (TPSA) is 95.6 Å². The molecule has 6 nitrogen and oxygen atoms in total.